The van der Waals surface area contributed by atoms with Gasteiger partial charge in [-0.05, 0) is 31.0 Å². The van der Waals surface area contributed by atoms with Crippen LogP contribution in [0.25, 0.3) is 22.3 Å². The van der Waals surface area contributed by atoms with Crippen LogP contribution < -0.4 is 10.8 Å². The van der Waals surface area contributed by atoms with Gasteiger partial charge in [-0.2, -0.15) is 0 Å². The Morgan fingerprint density at radius 1 is 0.968 bits per heavy atom. The van der Waals surface area contributed by atoms with Gasteiger partial charge < -0.3 is 10.1 Å². The zero-order valence-electron chi connectivity index (χ0n) is 17.3. The van der Waals surface area contributed by atoms with Gasteiger partial charge in [0.05, 0.1) is 23.7 Å². The zero-order chi connectivity index (χ0) is 21.6. The lowest BCUT2D eigenvalue weighted by atomic mass is 9.89. The van der Waals surface area contributed by atoms with Crippen molar-refractivity contribution in [1.29, 1.82) is 0 Å². The number of hydrogen-bond donors (Lipinski definition) is 1. The van der Waals surface area contributed by atoms with Gasteiger partial charge in [0.15, 0.2) is 5.82 Å². The molecule has 2 radical (unpaired) electrons. The van der Waals surface area contributed by atoms with Crippen molar-refractivity contribution in [3.8, 4) is 11.3 Å². The third-order valence-corrected chi connectivity index (χ3v) is 5.10. The number of aromatic nitrogens is 2. The van der Waals surface area contributed by atoms with Gasteiger partial charge in [0.25, 0.3) is 0 Å². The smallest absolute Gasteiger partial charge is 0.337 e. The Bertz CT molecular complexity index is 1210. The number of nitrogens with one attached hydrogen (secondary N) is 1. The molecule has 152 valence electrons. The number of fused-ring (bicyclic) bond motifs is 1. The number of nitrogens with zero attached hydrogens (tertiary/aromatic N) is 2. The van der Waals surface area contributed by atoms with E-state index in [1.54, 1.807) is 18.2 Å². The summed E-state index contributed by atoms with van der Waals surface area (Å²) < 4.78 is 4.83. The second-order valence-electron chi connectivity index (χ2n) is 7.21. The third kappa shape index (κ3) is 4.74. The van der Waals surface area contributed by atoms with Gasteiger partial charge in [0.2, 0.25) is 0 Å². The zero-order valence-corrected chi connectivity index (χ0v) is 17.3. The van der Waals surface area contributed by atoms with E-state index in [1.165, 1.54) is 7.11 Å². The highest BCUT2D eigenvalue weighted by molar-refractivity contribution is 6.33. The first kappa shape index (κ1) is 20.6. The summed E-state index contributed by atoms with van der Waals surface area (Å²) in [6.45, 7) is 0.713. The van der Waals surface area contributed by atoms with Crippen LogP contribution in [0.5, 0.6) is 0 Å². The van der Waals surface area contributed by atoms with E-state index >= 15 is 0 Å². The van der Waals surface area contributed by atoms with E-state index in [2.05, 4.69) is 11.4 Å². The van der Waals surface area contributed by atoms with Crippen LogP contribution in [-0.2, 0) is 11.2 Å². The van der Waals surface area contributed by atoms with Crippen molar-refractivity contribution in [2.24, 2.45) is 0 Å². The number of carbonyl (C=O) groups excluding carboxylic acids is 1. The molecule has 3 aromatic carbocycles. The van der Waals surface area contributed by atoms with Crippen LogP contribution in [0, 0.1) is 0 Å². The minimum absolute atomic E-state index is 0.397. The van der Waals surface area contributed by atoms with Crippen LogP contribution in [0.1, 0.15) is 22.3 Å². The number of methoxy groups -OCH3 is 1. The summed E-state index contributed by atoms with van der Waals surface area (Å²) in [6.07, 6.45) is 1.76. The summed E-state index contributed by atoms with van der Waals surface area (Å²) in [7, 11) is 7.41. The molecule has 0 fully saturated rings. The van der Waals surface area contributed by atoms with E-state index in [4.69, 9.17) is 22.6 Å². The van der Waals surface area contributed by atoms with E-state index in [0.29, 0.717) is 29.0 Å². The Hall–Kier alpha value is -3.67. The first-order chi connectivity index (χ1) is 15.2. The van der Waals surface area contributed by atoms with Crippen molar-refractivity contribution < 1.29 is 9.53 Å². The molecule has 0 atom stereocenters. The first-order valence-corrected chi connectivity index (χ1v) is 10.2. The van der Waals surface area contributed by atoms with Crippen molar-refractivity contribution in [3.63, 3.8) is 0 Å². The average Bonchev–Trinajstić information content (AvgIpc) is 2.82. The highest BCUT2D eigenvalue weighted by atomic mass is 16.5. The molecular weight excluding hydrogens is 385 g/mol. The van der Waals surface area contributed by atoms with Gasteiger partial charge in [-0.3, -0.25) is 0 Å². The number of ether oxygens (including phenoxy) is 1. The Kier molecular flexibility index (Phi) is 6.27. The molecule has 0 saturated heterocycles. The van der Waals surface area contributed by atoms with Crippen LogP contribution in [0.3, 0.4) is 0 Å². The van der Waals surface area contributed by atoms with Gasteiger partial charge in [0.1, 0.15) is 13.5 Å². The van der Waals surface area contributed by atoms with Crippen LogP contribution in [0.15, 0.2) is 72.8 Å². The molecule has 0 aliphatic rings. The number of anilines is 1. The molecule has 1 heterocycles. The second kappa shape index (κ2) is 9.43. The normalized spacial score (nSPS) is 10.7. The molecule has 6 heteroatoms. The standard InChI is InChI=1S/C25H22BN3O2/c1-31-25(30)19-13-14-21-22(16-19)29-24(23(28-21)18-9-3-2-4-10-18)27-15-7-11-17-8-5-6-12-20(17)26/h2-6,8-10,12-14,16H,7,11,15H2,1H3,(H,27,29). The van der Waals surface area contributed by atoms with E-state index in [9.17, 15) is 4.79 Å². The van der Waals surface area contributed by atoms with Crippen molar-refractivity contribution in [1.82, 2.24) is 9.97 Å². The summed E-state index contributed by atoms with van der Waals surface area (Å²) in [5, 5.41) is 3.43. The van der Waals surface area contributed by atoms with E-state index in [-0.39, 0.29) is 0 Å². The summed E-state index contributed by atoms with van der Waals surface area (Å²) in [5.41, 5.74) is 5.50. The number of rotatable bonds is 7. The maximum atomic E-state index is 11.9. The fourth-order valence-corrected chi connectivity index (χ4v) is 3.47. The highest BCUT2D eigenvalue weighted by Gasteiger charge is 2.13. The maximum absolute atomic E-state index is 11.9. The molecule has 0 bridgehead atoms. The minimum atomic E-state index is -0.397. The van der Waals surface area contributed by atoms with Crippen molar-refractivity contribution in [3.05, 3.63) is 83.9 Å². The van der Waals surface area contributed by atoms with Gasteiger partial charge >= 0.3 is 5.97 Å². The summed E-state index contributed by atoms with van der Waals surface area (Å²) in [6, 6.07) is 23.1. The Morgan fingerprint density at radius 2 is 1.74 bits per heavy atom. The SMILES string of the molecule is [B]c1ccccc1CCCNc1nc2cc(C(=O)OC)ccc2nc1-c1ccccc1. The molecule has 0 amide bonds. The van der Waals surface area contributed by atoms with E-state index < -0.39 is 5.97 Å². The predicted octanol–water partition coefficient (Wildman–Crippen LogP) is 3.92. The topological polar surface area (TPSA) is 64.1 Å². The van der Waals surface area contributed by atoms with Gasteiger partial charge in [0, 0.05) is 12.1 Å². The number of carbonyl (C=O) groups is 1. The molecule has 31 heavy (non-hydrogen) atoms. The molecule has 0 spiro atoms. The lowest BCUT2D eigenvalue weighted by Gasteiger charge is -2.13. The summed E-state index contributed by atoms with van der Waals surface area (Å²) in [4.78, 5) is 21.5. The molecule has 4 aromatic rings. The average molecular weight is 407 g/mol. The number of aryl methyl sites for hydroxylation is 1. The second-order valence-corrected chi connectivity index (χ2v) is 7.21. The van der Waals surface area contributed by atoms with Crippen molar-refractivity contribution >= 4 is 36.1 Å². The molecule has 1 N–H and O–H groups in total. The number of esters is 1. The van der Waals surface area contributed by atoms with Gasteiger partial charge in [-0.15, -0.1) is 0 Å². The minimum Gasteiger partial charge on any atom is -0.465 e. The molecule has 5 nitrogen and oxygen atoms in total. The lowest BCUT2D eigenvalue weighted by Crippen LogP contribution is -2.12. The van der Waals surface area contributed by atoms with Crippen LogP contribution in [-0.4, -0.2) is 37.4 Å². The summed E-state index contributed by atoms with van der Waals surface area (Å²) in [5.74, 6) is 0.285. The lowest BCUT2D eigenvalue weighted by molar-refractivity contribution is 0.0601. The Morgan fingerprint density at radius 3 is 2.52 bits per heavy atom. The van der Waals surface area contributed by atoms with Crippen LogP contribution >= 0.6 is 0 Å². The largest absolute Gasteiger partial charge is 0.465 e. The quantitative estimate of drug-likeness (QED) is 0.286. The molecule has 0 saturated carbocycles. The van der Waals surface area contributed by atoms with Crippen molar-refractivity contribution in [2.75, 3.05) is 19.0 Å². The molecular formula is C25H22BN3O2. The highest BCUT2D eigenvalue weighted by Crippen LogP contribution is 2.27. The Labute approximate surface area is 182 Å². The van der Waals surface area contributed by atoms with E-state index in [0.717, 1.165) is 35.1 Å². The number of hydrogen-bond acceptors (Lipinski definition) is 5. The summed E-state index contributed by atoms with van der Waals surface area (Å²) >= 11 is 0. The fourth-order valence-electron chi connectivity index (χ4n) is 3.47. The molecule has 0 aliphatic heterocycles. The van der Waals surface area contributed by atoms with Crippen LogP contribution in [0.2, 0.25) is 0 Å². The number of benzene rings is 3. The Balaban J connectivity index is 1.62. The molecule has 1 aromatic heterocycles. The van der Waals surface area contributed by atoms with Crippen molar-refractivity contribution in [2.45, 2.75) is 12.8 Å². The maximum Gasteiger partial charge on any atom is 0.337 e. The molecule has 0 unspecified atom stereocenters. The fraction of sp³-hybridized carbons (Fsp3) is 0.160. The molecule has 4 rings (SSSR count). The van der Waals surface area contributed by atoms with Crippen LogP contribution in [0.4, 0.5) is 5.82 Å². The van der Waals surface area contributed by atoms with Gasteiger partial charge in [-0.25, -0.2) is 14.8 Å². The monoisotopic (exact) mass is 407 g/mol. The molecule has 0 aliphatic carbocycles. The first-order valence-electron chi connectivity index (χ1n) is 10.2. The third-order valence-electron chi connectivity index (χ3n) is 5.10. The predicted molar refractivity (Wildman–Crippen MR) is 125 cm³/mol. The van der Waals surface area contributed by atoms with E-state index in [1.807, 2.05) is 48.5 Å². The van der Waals surface area contributed by atoms with Gasteiger partial charge in [-0.1, -0.05) is 65.6 Å².